The van der Waals surface area contributed by atoms with E-state index in [-0.39, 0.29) is 11.8 Å². The number of halogens is 1. The van der Waals surface area contributed by atoms with Gasteiger partial charge in [-0.3, -0.25) is 10.1 Å². The van der Waals surface area contributed by atoms with Crippen LogP contribution in [0.2, 0.25) is 5.02 Å². The number of aryl methyl sites for hydroxylation is 1. The van der Waals surface area contributed by atoms with Crippen LogP contribution in [-0.2, 0) is 16.6 Å². The van der Waals surface area contributed by atoms with Gasteiger partial charge in [-0.1, -0.05) is 44.5 Å². The lowest BCUT2D eigenvalue weighted by molar-refractivity contribution is -0.136. The first-order valence-electron chi connectivity index (χ1n) is 9.87. The molecule has 0 atom stereocenters. The van der Waals surface area contributed by atoms with Gasteiger partial charge in [0, 0.05) is 28.6 Å². The van der Waals surface area contributed by atoms with Crippen LogP contribution in [0.3, 0.4) is 0 Å². The summed E-state index contributed by atoms with van der Waals surface area (Å²) < 4.78 is 1.67. The molecule has 7 nitrogen and oxygen atoms in total. The van der Waals surface area contributed by atoms with E-state index in [1.54, 1.807) is 28.9 Å². The van der Waals surface area contributed by atoms with E-state index in [2.05, 4.69) is 15.7 Å². The minimum absolute atomic E-state index is 0.0764. The Kier molecular flexibility index (Phi) is 6.65. The Labute approximate surface area is 186 Å². The Morgan fingerprint density at radius 3 is 2.26 bits per heavy atom. The number of carbonyl (C=O) groups excluding carboxylic acids is 1. The maximum Gasteiger partial charge on any atom is 0.324 e. The van der Waals surface area contributed by atoms with Gasteiger partial charge in [-0.15, -0.1) is 0 Å². The second-order valence-corrected chi connectivity index (χ2v) is 8.66. The maximum absolute atomic E-state index is 12.6. The smallest absolute Gasteiger partial charge is 0.324 e. The minimum Gasteiger partial charge on any atom is -0.481 e. The number of urea groups is 1. The first-order chi connectivity index (χ1) is 14.6. The molecule has 8 heteroatoms. The van der Waals surface area contributed by atoms with Crippen molar-refractivity contribution in [3.05, 3.63) is 70.9 Å². The summed E-state index contributed by atoms with van der Waals surface area (Å²) >= 11 is 5.89. The highest BCUT2D eigenvalue weighted by Gasteiger charge is 2.21. The Balaban J connectivity index is 1.84. The summed E-state index contributed by atoms with van der Waals surface area (Å²) in [6.07, 6.45) is 0.531. The number of aliphatic carboxylic acids is 1. The zero-order chi connectivity index (χ0) is 22.6. The maximum atomic E-state index is 12.6. The largest absolute Gasteiger partial charge is 0.481 e. The predicted molar refractivity (Wildman–Crippen MR) is 122 cm³/mol. The van der Waals surface area contributed by atoms with Crippen molar-refractivity contribution < 1.29 is 14.7 Å². The first-order valence-corrected chi connectivity index (χ1v) is 10.2. The number of hydrogen-bond donors (Lipinski definition) is 3. The number of rotatable bonds is 6. The van der Waals surface area contributed by atoms with Crippen LogP contribution in [-0.4, -0.2) is 26.9 Å². The van der Waals surface area contributed by atoms with Gasteiger partial charge in [-0.25, -0.2) is 9.48 Å². The summed E-state index contributed by atoms with van der Waals surface area (Å²) in [7, 11) is 0. The number of nitrogens with one attached hydrogen (secondary N) is 2. The quantitative estimate of drug-likeness (QED) is 0.472. The summed E-state index contributed by atoms with van der Waals surface area (Å²) in [5, 5.41) is 19.8. The number of nitrogens with zero attached hydrogens (tertiary/aromatic N) is 2. The fourth-order valence-electron chi connectivity index (χ4n) is 2.90. The monoisotopic (exact) mass is 440 g/mol. The summed E-state index contributed by atoms with van der Waals surface area (Å²) in [5.41, 5.74) is 2.91. The molecule has 0 spiro atoms. The molecule has 162 valence electrons. The second-order valence-electron chi connectivity index (χ2n) is 8.22. The number of hydrogen-bond acceptors (Lipinski definition) is 3. The van der Waals surface area contributed by atoms with Crippen LogP contribution in [0.5, 0.6) is 0 Å². The van der Waals surface area contributed by atoms with Crippen molar-refractivity contribution in [1.29, 1.82) is 0 Å². The van der Waals surface area contributed by atoms with Crippen LogP contribution in [0, 0.1) is 0 Å². The van der Waals surface area contributed by atoms with Gasteiger partial charge in [0.2, 0.25) is 0 Å². The van der Waals surface area contributed by atoms with E-state index in [4.69, 9.17) is 16.7 Å². The number of aromatic nitrogens is 2. The van der Waals surface area contributed by atoms with Crippen molar-refractivity contribution in [3.63, 3.8) is 0 Å². The lowest BCUT2D eigenvalue weighted by Gasteiger charge is -2.14. The summed E-state index contributed by atoms with van der Waals surface area (Å²) in [6.45, 7) is 6.14. The molecule has 0 saturated heterocycles. The number of carboxylic acid groups (broad SMARTS) is 1. The Morgan fingerprint density at radius 1 is 1.03 bits per heavy atom. The van der Waals surface area contributed by atoms with Gasteiger partial charge in [0.05, 0.1) is 11.4 Å². The molecular weight excluding hydrogens is 416 g/mol. The molecule has 0 saturated carbocycles. The van der Waals surface area contributed by atoms with Gasteiger partial charge in [-0.2, -0.15) is 5.10 Å². The fraction of sp³-hybridized carbons (Fsp3) is 0.261. The molecule has 3 rings (SSSR count). The Bertz CT molecular complexity index is 1070. The van der Waals surface area contributed by atoms with Crippen molar-refractivity contribution in [2.24, 2.45) is 0 Å². The molecule has 0 aliphatic carbocycles. The average molecular weight is 441 g/mol. The van der Waals surface area contributed by atoms with Crippen LogP contribution in [0.25, 0.3) is 5.69 Å². The molecule has 1 aromatic heterocycles. The highest BCUT2D eigenvalue weighted by molar-refractivity contribution is 6.30. The average Bonchev–Trinajstić information content (AvgIpc) is 3.12. The van der Waals surface area contributed by atoms with Gasteiger partial charge >= 0.3 is 12.0 Å². The highest BCUT2D eigenvalue weighted by atomic mass is 35.5. The van der Waals surface area contributed by atoms with Crippen molar-refractivity contribution >= 4 is 35.1 Å². The lowest BCUT2D eigenvalue weighted by Crippen LogP contribution is -2.21. The Hall–Kier alpha value is -3.32. The van der Waals surface area contributed by atoms with Gasteiger partial charge in [0.15, 0.2) is 0 Å². The highest BCUT2D eigenvalue weighted by Crippen LogP contribution is 2.27. The number of benzene rings is 2. The second kappa shape index (κ2) is 9.22. The fourth-order valence-corrected chi connectivity index (χ4v) is 3.03. The van der Waals surface area contributed by atoms with Crippen LogP contribution >= 0.6 is 11.6 Å². The molecule has 0 radical (unpaired) electrons. The SMILES string of the molecule is CC(C)(C)c1cc(NC(=O)Nc2ccc(Cl)cc2)n(-c2ccc(CCC(=O)O)cc2)n1. The molecule has 0 unspecified atom stereocenters. The van der Waals surface area contributed by atoms with E-state index in [1.807, 2.05) is 51.1 Å². The topological polar surface area (TPSA) is 96.2 Å². The third kappa shape index (κ3) is 6.08. The number of amides is 2. The van der Waals surface area contributed by atoms with Crippen molar-refractivity contribution in [1.82, 2.24) is 9.78 Å². The molecule has 1 heterocycles. The van der Waals surface area contributed by atoms with Crippen LogP contribution in [0.15, 0.2) is 54.6 Å². The van der Waals surface area contributed by atoms with Gasteiger partial charge in [0.25, 0.3) is 0 Å². The number of carboxylic acids is 1. The van der Waals surface area contributed by atoms with Crippen LogP contribution in [0.4, 0.5) is 16.3 Å². The van der Waals surface area contributed by atoms with Gasteiger partial charge in [-0.05, 0) is 48.4 Å². The van der Waals surface area contributed by atoms with Crippen LogP contribution in [0.1, 0.15) is 38.4 Å². The van der Waals surface area contributed by atoms with Crippen molar-refractivity contribution in [2.45, 2.75) is 39.0 Å². The summed E-state index contributed by atoms with van der Waals surface area (Å²) in [4.78, 5) is 23.3. The molecule has 0 bridgehead atoms. The first kappa shape index (κ1) is 22.4. The molecule has 31 heavy (non-hydrogen) atoms. The molecular formula is C23H25ClN4O3. The van der Waals surface area contributed by atoms with Crippen LogP contribution < -0.4 is 10.6 Å². The van der Waals surface area contributed by atoms with E-state index in [9.17, 15) is 9.59 Å². The third-order valence-electron chi connectivity index (χ3n) is 4.63. The number of carbonyl (C=O) groups is 2. The molecule has 0 fully saturated rings. The number of anilines is 2. The molecule has 0 aliphatic heterocycles. The van der Waals surface area contributed by atoms with Crippen molar-refractivity contribution in [2.75, 3.05) is 10.6 Å². The van der Waals surface area contributed by atoms with Gasteiger partial charge < -0.3 is 10.4 Å². The van der Waals surface area contributed by atoms with Crippen molar-refractivity contribution in [3.8, 4) is 5.69 Å². The van der Waals surface area contributed by atoms with E-state index in [1.165, 1.54) is 0 Å². The molecule has 3 aromatic rings. The normalized spacial score (nSPS) is 11.2. The van der Waals surface area contributed by atoms with E-state index < -0.39 is 12.0 Å². The zero-order valence-electron chi connectivity index (χ0n) is 17.6. The predicted octanol–water partition coefficient (Wildman–Crippen LogP) is 5.48. The van der Waals surface area contributed by atoms with E-state index in [0.717, 1.165) is 16.9 Å². The van der Waals surface area contributed by atoms with E-state index in [0.29, 0.717) is 22.9 Å². The zero-order valence-corrected chi connectivity index (χ0v) is 18.4. The minimum atomic E-state index is -0.829. The summed E-state index contributed by atoms with van der Waals surface area (Å²) in [6, 6.07) is 15.7. The molecule has 3 N–H and O–H groups in total. The molecule has 2 amide bonds. The van der Waals surface area contributed by atoms with Gasteiger partial charge in [0.1, 0.15) is 5.82 Å². The Morgan fingerprint density at radius 2 is 1.68 bits per heavy atom. The lowest BCUT2D eigenvalue weighted by atomic mass is 9.92. The van der Waals surface area contributed by atoms with E-state index >= 15 is 0 Å². The summed E-state index contributed by atoms with van der Waals surface area (Å²) in [5.74, 6) is -0.307. The third-order valence-corrected chi connectivity index (χ3v) is 4.88. The standard InChI is InChI=1S/C23H25ClN4O3/c1-23(2,3)19-14-20(26-22(31)25-17-9-7-16(24)8-10-17)28(27-19)18-11-4-15(5-12-18)6-13-21(29)30/h4-5,7-12,14H,6,13H2,1-3H3,(H,29,30)(H2,25,26,31). The molecule has 0 aliphatic rings. The molecule has 2 aromatic carbocycles.